The third-order valence-electron chi connectivity index (χ3n) is 2.73. The number of fused-ring (bicyclic) bond motifs is 1. The first-order valence-corrected chi connectivity index (χ1v) is 5.20. The summed E-state index contributed by atoms with van der Waals surface area (Å²) in [5.41, 5.74) is 1.27. The van der Waals surface area contributed by atoms with Crippen LogP contribution in [0.1, 0.15) is 30.5 Å². The van der Waals surface area contributed by atoms with Gasteiger partial charge in [-0.25, -0.2) is 4.98 Å². The molecule has 1 atom stereocenters. The highest BCUT2D eigenvalue weighted by Crippen LogP contribution is 2.20. The van der Waals surface area contributed by atoms with Crippen molar-refractivity contribution in [2.75, 3.05) is 13.6 Å². The fourth-order valence-corrected chi connectivity index (χ4v) is 2.01. The predicted octanol–water partition coefficient (Wildman–Crippen LogP) is 0.472. The monoisotopic (exact) mass is 195 g/mol. The number of nitrogens with zero attached hydrogens (tertiary/aromatic N) is 2. The maximum atomic E-state index is 9.82. The van der Waals surface area contributed by atoms with Gasteiger partial charge in [0.2, 0.25) is 0 Å². The van der Waals surface area contributed by atoms with Crippen molar-refractivity contribution >= 4 is 0 Å². The summed E-state index contributed by atoms with van der Waals surface area (Å²) < 4.78 is 2.16. The first kappa shape index (κ1) is 9.68. The molecule has 0 spiro atoms. The van der Waals surface area contributed by atoms with Crippen LogP contribution in [0, 0.1) is 0 Å². The highest BCUT2D eigenvalue weighted by atomic mass is 16.3. The molecule has 0 saturated carbocycles. The second kappa shape index (κ2) is 4.11. The molecule has 0 aliphatic carbocycles. The summed E-state index contributed by atoms with van der Waals surface area (Å²) in [6.45, 7) is 1.57. The van der Waals surface area contributed by atoms with Crippen molar-refractivity contribution in [2.45, 2.75) is 31.9 Å². The van der Waals surface area contributed by atoms with E-state index in [4.69, 9.17) is 0 Å². The minimum Gasteiger partial charge on any atom is -0.384 e. The van der Waals surface area contributed by atoms with E-state index in [2.05, 4.69) is 14.9 Å². The molecule has 1 aromatic heterocycles. The quantitative estimate of drug-likeness (QED) is 0.737. The molecule has 0 radical (unpaired) electrons. The summed E-state index contributed by atoms with van der Waals surface area (Å²) in [6, 6.07) is 0. The molecule has 78 valence electrons. The van der Waals surface area contributed by atoms with Crippen LogP contribution in [0.2, 0.25) is 0 Å². The smallest absolute Gasteiger partial charge is 0.139 e. The minimum atomic E-state index is -0.480. The van der Waals surface area contributed by atoms with Crippen molar-refractivity contribution < 1.29 is 5.11 Å². The fourth-order valence-electron chi connectivity index (χ4n) is 2.01. The van der Waals surface area contributed by atoms with Crippen LogP contribution in [0.25, 0.3) is 0 Å². The Bertz CT molecular complexity index is 308. The molecule has 4 heteroatoms. The molecule has 2 N–H and O–H groups in total. The highest BCUT2D eigenvalue weighted by molar-refractivity contribution is 5.10. The number of rotatable bonds is 3. The summed E-state index contributed by atoms with van der Waals surface area (Å²) in [6.07, 6.45) is 4.95. The normalized spacial score (nSPS) is 17.9. The Balaban J connectivity index is 2.21. The van der Waals surface area contributed by atoms with E-state index in [0.29, 0.717) is 6.54 Å². The summed E-state index contributed by atoms with van der Waals surface area (Å²) in [5.74, 6) is 0.814. The molecule has 0 bridgehead atoms. The van der Waals surface area contributed by atoms with E-state index in [-0.39, 0.29) is 0 Å². The van der Waals surface area contributed by atoms with Gasteiger partial charge in [0.15, 0.2) is 0 Å². The molecule has 2 heterocycles. The Labute approximate surface area is 84.0 Å². The van der Waals surface area contributed by atoms with Crippen molar-refractivity contribution in [3.05, 3.63) is 17.7 Å². The topological polar surface area (TPSA) is 50.1 Å². The van der Waals surface area contributed by atoms with E-state index >= 15 is 0 Å². The molecule has 1 aliphatic rings. The Morgan fingerprint density at radius 3 is 3.29 bits per heavy atom. The summed E-state index contributed by atoms with van der Waals surface area (Å²) in [7, 11) is 1.84. The van der Waals surface area contributed by atoms with Gasteiger partial charge < -0.3 is 15.0 Å². The number of aliphatic hydroxyl groups excluding tert-OH is 1. The lowest BCUT2D eigenvalue weighted by Crippen LogP contribution is -2.22. The van der Waals surface area contributed by atoms with E-state index in [1.54, 1.807) is 0 Å². The zero-order valence-corrected chi connectivity index (χ0v) is 8.53. The zero-order chi connectivity index (χ0) is 9.97. The number of aliphatic hydroxyl groups is 1. The van der Waals surface area contributed by atoms with Crippen molar-refractivity contribution in [3.63, 3.8) is 0 Å². The minimum absolute atomic E-state index is 0.480. The van der Waals surface area contributed by atoms with Crippen molar-refractivity contribution in [1.29, 1.82) is 0 Å². The standard InChI is InChI=1S/C10H17N3O/c1-11-7-9(14)10-12-6-8-4-2-3-5-13(8)10/h6,9,11,14H,2-5,7H2,1H3. The van der Waals surface area contributed by atoms with Crippen LogP contribution in [-0.2, 0) is 13.0 Å². The van der Waals surface area contributed by atoms with Crippen molar-refractivity contribution in [2.24, 2.45) is 0 Å². The van der Waals surface area contributed by atoms with Crippen molar-refractivity contribution in [3.8, 4) is 0 Å². The average Bonchev–Trinajstić information content (AvgIpc) is 2.61. The molecule has 0 saturated heterocycles. The molecule has 0 aromatic carbocycles. The van der Waals surface area contributed by atoms with Gasteiger partial charge in [0.1, 0.15) is 11.9 Å². The Morgan fingerprint density at radius 2 is 2.50 bits per heavy atom. The van der Waals surface area contributed by atoms with Crippen LogP contribution in [0.15, 0.2) is 6.20 Å². The highest BCUT2D eigenvalue weighted by Gasteiger charge is 2.18. The summed E-state index contributed by atoms with van der Waals surface area (Å²) >= 11 is 0. The Hall–Kier alpha value is -0.870. The van der Waals surface area contributed by atoms with Gasteiger partial charge in [-0.2, -0.15) is 0 Å². The fraction of sp³-hybridized carbons (Fsp3) is 0.700. The van der Waals surface area contributed by atoms with Crippen LogP contribution >= 0.6 is 0 Å². The van der Waals surface area contributed by atoms with Gasteiger partial charge in [0.05, 0.1) is 0 Å². The molecule has 0 amide bonds. The molecule has 1 aliphatic heterocycles. The third-order valence-corrected chi connectivity index (χ3v) is 2.73. The molecular weight excluding hydrogens is 178 g/mol. The number of aromatic nitrogens is 2. The van der Waals surface area contributed by atoms with Gasteiger partial charge in [-0.15, -0.1) is 0 Å². The molecule has 4 nitrogen and oxygen atoms in total. The van der Waals surface area contributed by atoms with Gasteiger partial charge in [0, 0.05) is 25.0 Å². The number of imidazole rings is 1. The van der Waals surface area contributed by atoms with Crippen LogP contribution in [0.5, 0.6) is 0 Å². The molecular formula is C10H17N3O. The third kappa shape index (κ3) is 1.67. The molecule has 0 fully saturated rings. The SMILES string of the molecule is CNCC(O)c1ncc2n1CCCC2. The first-order chi connectivity index (χ1) is 6.83. The average molecular weight is 195 g/mol. The summed E-state index contributed by atoms with van der Waals surface area (Å²) in [4.78, 5) is 4.29. The number of aryl methyl sites for hydroxylation is 1. The maximum absolute atomic E-state index is 9.82. The van der Waals surface area contributed by atoms with Crippen LogP contribution in [0.3, 0.4) is 0 Å². The number of nitrogens with one attached hydrogen (secondary N) is 1. The van der Waals surface area contributed by atoms with E-state index < -0.39 is 6.10 Å². The number of likely N-dealkylation sites (N-methyl/N-ethyl adjacent to an activating group) is 1. The Kier molecular flexibility index (Phi) is 2.84. The second-order valence-corrected chi connectivity index (χ2v) is 3.79. The number of hydrogen-bond donors (Lipinski definition) is 2. The number of hydrogen-bond acceptors (Lipinski definition) is 3. The molecule has 1 unspecified atom stereocenters. The molecule has 2 rings (SSSR count). The van der Waals surface area contributed by atoms with E-state index in [1.807, 2.05) is 13.2 Å². The molecule has 1 aromatic rings. The molecule has 14 heavy (non-hydrogen) atoms. The van der Waals surface area contributed by atoms with E-state index in [0.717, 1.165) is 18.8 Å². The predicted molar refractivity (Wildman–Crippen MR) is 54.1 cm³/mol. The van der Waals surface area contributed by atoms with Crippen LogP contribution in [0.4, 0.5) is 0 Å². The summed E-state index contributed by atoms with van der Waals surface area (Å²) in [5, 5.41) is 12.8. The zero-order valence-electron chi connectivity index (χ0n) is 8.53. The largest absolute Gasteiger partial charge is 0.384 e. The van der Waals surface area contributed by atoms with Crippen molar-refractivity contribution in [1.82, 2.24) is 14.9 Å². The van der Waals surface area contributed by atoms with E-state index in [1.165, 1.54) is 18.5 Å². The lowest BCUT2D eigenvalue weighted by molar-refractivity contribution is 0.161. The van der Waals surface area contributed by atoms with Gasteiger partial charge in [-0.05, 0) is 26.3 Å². The van der Waals surface area contributed by atoms with Gasteiger partial charge in [-0.3, -0.25) is 0 Å². The Morgan fingerprint density at radius 1 is 1.64 bits per heavy atom. The maximum Gasteiger partial charge on any atom is 0.139 e. The van der Waals surface area contributed by atoms with Gasteiger partial charge in [0.25, 0.3) is 0 Å². The second-order valence-electron chi connectivity index (χ2n) is 3.79. The lowest BCUT2D eigenvalue weighted by atomic mass is 10.1. The van der Waals surface area contributed by atoms with Crippen LogP contribution < -0.4 is 5.32 Å². The van der Waals surface area contributed by atoms with E-state index in [9.17, 15) is 5.11 Å². The lowest BCUT2D eigenvalue weighted by Gasteiger charge is -2.18. The van der Waals surface area contributed by atoms with Crippen LogP contribution in [-0.4, -0.2) is 28.3 Å². The first-order valence-electron chi connectivity index (χ1n) is 5.20. The van der Waals surface area contributed by atoms with Gasteiger partial charge >= 0.3 is 0 Å². The van der Waals surface area contributed by atoms with Gasteiger partial charge in [-0.1, -0.05) is 0 Å².